The lowest BCUT2D eigenvalue weighted by Gasteiger charge is -2.29. The minimum Gasteiger partial charge on any atom is -0.366 e. The third kappa shape index (κ3) is 3.40. The molecule has 2 nitrogen and oxygen atoms in total. The van der Waals surface area contributed by atoms with Crippen molar-refractivity contribution >= 4 is 11.3 Å². The molecule has 0 radical (unpaired) electrons. The van der Waals surface area contributed by atoms with Gasteiger partial charge in [0.05, 0.1) is 11.7 Å². The number of nitrogens with two attached hydrogens (primary N) is 1. The van der Waals surface area contributed by atoms with Crippen LogP contribution >= 0.6 is 11.3 Å². The molecule has 0 saturated carbocycles. The van der Waals surface area contributed by atoms with Gasteiger partial charge in [-0.25, -0.2) is 0 Å². The van der Waals surface area contributed by atoms with Crippen LogP contribution in [-0.2, 0) is 4.74 Å². The van der Waals surface area contributed by atoms with E-state index in [-0.39, 0.29) is 17.7 Å². The standard InChI is InChI=1S/C11H19NOS/c1-8(12)10(13-11(2,3)4)9-5-6-14-7-9/h5-8,10H,12H2,1-4H3. The molecule has 3 heteroatoms. The molecule has 1 heterocycles. The van der Waals surface area contributed by atoms with Gasteiger partial charge in [-0.05, 0) is 50.1 Å². The second-order valence-corrected chi connectivity index (χ2v) is 5.35. The average Bonchev–Trinajstić information content (AvgIpc) is 2.49. The molecule has 2 N–H and O–H groups in total. The molecule has 0 saturated heterocycles. The maximum Gasteiger partial charge on any atom is 0.0988 e. The van der Waals surface area contributed by atoms with Gasteiger partial charge in [-0.15, -0.1) is 0 Å². The minimum atomic E-state index is -0.153. The Hall–Kier alpha value is -0.380. The lowest BCUT2D eigenvalue weighted by Crippen LogP contribution is -2.33. The lowest BCUT2D eigenvalue weighted by atomic mass is 10.1. The van der Waals surface area contributed by atoms with Crippen molar-refractivity contribution in [2.45, 2.75) is 45.4 Å². The first-order valence-corrected chi connectivity index (χ1v) is 5.80. The Labute approximate surface area is 90.1 Å². The van der Waals surface area contributed by atoms with E-state index in [2.05, 4.69) is 37.6 Å². The number of hydrogen-bond donors (Lipinski definition) is 1. The Bertz CT molecular complexity index is 261. The zero-order valence-electron chi connectivity index (χ0n) is 9.28. The van der Waals surface area contributed by atoms with Gasteiger partial charge >= 0.3 is 0 Å². The molecule has 0 aliphatic heterocycles. The van der Waals surface area contributed by atoms with Crippen molar-refractivity contribution in [3.63, 3.8) is 0 Å². The van der Waals surface area contributed by atoms with Gasteiger partial charge in [0, 0.05) is 6.04 Å². The average molecular weight is 213 g/mol. The molecule has 0 aromatic carbocycles. The molecule has 0 aliphatic rings. The van der Waals surface area contributed by atoms with Gasteiger partial charge < -0.3 is 10.5 Å². The van der Waals surface area contributed by atoms with Crippen LogP contribution in [0.5, 0.6) is 0 Å². The van der Waals surface area contributed by atoms with Crippen molar-refractivity contribution in [1.29, 1.82) is 0 Å². The summed E-state index contributed by atoms with van der Waals surface area (Å²) in [6.45, 7) is 8.13. The molecule has 1 aromatic rings. The van der Waals surface area contributed by atoms with Crippen LogP contribution in [0.3, 0.4) is 0 Å². The highest BCUT2D eigenvalue weighted by Crippen LogP contribution is 2.27. The van der Waals surface area contributed by atoms with E-state index in [1.165, 1.54) is 5.56 Å². The first-order chi connectivity index (χ1) is 6.40. The fraction of sp³-hybridized carbons (Fsp3) is 0.636. The second-order valence-electron chi connectivity index (χ2n) is 4.57. The summed E-state index contributed by atoms with van der Waals surface area (Å²) in [6, 6.07) is 2.09. The van der Waals surface area contributed by atoms with Crippen LogP contribution in [0.25, 0.3) is 0 Å². The highest BCUT2D eigenvalue weighted by Gasteiger charge is 2.23. The van der Waals surface area contributed by atoms with Gasteiger partial charge in [0.1, 0.15) is 0 Å². The normalized spacial score (nSPS) is 16.6. The predicted octanol–water partition coefficient (Wildman–Crippen LogP) is 2.95. The van der Waals surface area contributed by atoms with Gasteiger partial charge in [0.15, 0.2) is 0 Å². The molecule has 0 aliphatic carbocycles. The van der Waals surface area contributed by atoms with E-state index in [0.29, 0.717) is 0 Å². The van der Waals surface area contributed by atoms with Crippen LogP contribution in [0.1, 0.15) is 39.4 Å². The monoisotopic (exact) mass is 213 g/mol. The van der Waals surface area contributed by atoms with Crippen molar-refractivity contribution in [3.8, 4) is 0 Å². The molecule has 0 fully saturated rings. The molecule has 2 unspecified atom stereocenters. The summed E-state index contributed by atoms with van der Waals surface area (Å²) in [5, 5.41) is 4.15. The highest BCUT2D eigenvalue weighted by molar-refractivity contribution is 7.07. The van der Waals surface area contributed by atoms with E-state index in [0.717, 1.165) is 0 Å². The lowest BCUT2D eigenvalue weighted by molar-refractivity contribution is -0.0699. The maximum atomic E-state index is 5.93. The number of ether oxygens (including phenoxy) is 1. The van der Waals surface area contributed by atoms with Crippen molar-refractivity contribution in [3.05, 3.63) is 22.4 Å². The Balaban J connectivity index is 2.76. The van der Waals surface area contributed by atoms with Crippen LogP contribution in [-0.4, -0.2) is 11.6 Å². The van der Waals surface area contributed by atoms with Gasteiger partial charge in [0.2, 0.25) is 0 Å². The van der Waals surface area contributed by atoms with Gasteiger partial charge in [-0.3, -0.25) is 0 Å². The first-order valence-electron chi connectivity index (χ1n) is 4.85. The molecule has 1 aromatic heterocycles. The summed E-state index contributed by atoms with van der Waals surface area (Å²) in [6.07, 6.45) is 0.00116. The third-order valence-electron chi connectivity index (χ3n) is 1.83. The number of hydrogen-bond acceptors (Lipinski definition) is 3. The van der Waals surface area contributed by atoms with Crippen LogP contribution in [0.4, 0.5) is 0 Å². The van der Waals surface area contributed by atoms with E-state index < -0.39 is 0 Å². The van der Waals surface area contributed by atoms with Crippen molar-refractivity contribution in [1.82, 2.24) is 0 Å². The minimum absolute atomic E-state index is 0.00116. The summed E-state index contributed by atoms with van der Waals surface area (Å²) in [7, 11) is 0. The number of rotatable bonds is 3. The van der Waals surface area contributed by atoms with Crippen molar-refractivity contribution < 1.29 is 4.74 Å². The topological polar surface area (TPSA) is 35.2 Å². The van der Waals surface area contributed by atoms with Crippen LogP contribution in [0.15, 0.2) is 16.8 Å². The van der Waals surface area contributed by atoms with E-state index >= 15 is 0 Å². The SMILES string of the molecule is CC(N)C(OC(C)(C)C)c1ccsc1. The Morgan fingerprint density at radius 3 is 2.43 bits per heavy atom. The highest BCUT2D eigenvalue weighted by atomic mass is 32.1. The molecule has 80 valence electrons. The second kappa shape index (κ2) is 4.43. The largest absolute Gasteiger partial charge is 0.366 e. The van der Waals surface area contributed by atoms with Crippen LogP contribution in [0, 0.1) is 0 Å². The zero-order chi connectivity index (χ0) is 10.8. The predicted molar refractivity (Wildman–Crippen MR) is 61.5 cm³/mol. The maximum absolute atomic E-state index is 5.93. The van der Waals surface area contributed by atoms with E-state index in [9.17, 15) is 0 Å². The first kappa shape index (κ1) is 11.7. The summed E-state index contributed by atoms with van der Waals surface area (Å²) >= 11 is 1.68. The smallest absolute Gasteiger partial charge is 0.0988 e. The van der Waals surface area contributed by atoms with E-state index in [1.807, 2.05) is 6.92 Å². The molecule has 0 bridgehead atoms. The van der Waals surface area contributed by atoms with Gasteiger partial charge in [0.25, 0.3) is 0 Å². The molecule has 1 rings (SSSR count). The number of thiophene rings is 1. The van der Waals surface area contributed by atoms with E-state index in [1.54, 1.807) is 11.3 Å². The Morgan fingerprint density at radius 2 is 2.07 bits per heavy atom. The fourth-order valence-corrected chi connectivity index (χ4v) is 1.98. The van der Waals surface area contributed by atoms with Crippen molar-refractivity contribution in [2.24, 2.45) is 5.73 Å². The summed E-state index contributed by atoms with van der Waals surface area (Å²) in [4.78, 5) is 0. The Kier molecular flexibility index (Phi) is 3.70. The fourth-order valence-electron chi connectivity index (χ4n) is 1.30. The molecule has 0 spiro atoms. The van der Waals surface area contributed by atoms with Crippen LogP contribution < -0.4 is 5.73 Å². The zero-order valence-corrected chi connectivity index (χ0v) is 10.1. The molecule has 14 heavy (non-hydrogen) atoms. The van der Waals surface area contributed by atoms with Gasteiger partial charge in [-0.1, -0.05) is 0 Å². The van der Waals surface area contributed by atoms with Crippen LogP contribution in [0.2, 0.25) is 0 Å². The van der Waals surface area contributed by atoms with Gasteiger partial charge in [-0.2, -0.15) is 11.3 Å². The molecular weight excluding hydrogens is 194 g/mol. The molecule has 2 atom stereocenters. The summed E-state index contributed by atoms with van der Waals surface area (Å²) in [5.41, 5.74) is 6.94. The van der Waals surface area contributed by atoms with E-state index in [4.69, 9.17) is 10.5 Å². The molecular formula is C11H19NOS. The third-order valence-corrected chi connectivity index (χ3v) is 2.53. The van der Waals surface area contributed by atoms with Crippen molar-refractivity contribution in [2.75, 3.05) is 0 Å². The molecule has 0 amide bonds. The summed E-state index contributed by atoms with van der Waals surface area (Å²) < 4.78 is 5.93. The summed E-state index contributed by atoms with van der Waals surface area (Å²) in [5.74, 6) is 0. The Morgan fingerprint density at radius 1 is 1.43 bits per heavy atom. The quantitative estimate of drug-likeness (QED) is 0.838.